The highest BCUT2D eigenvalue weighted by Crippen LogP contribution is 2.34. The van der Waals surface area contributed by atoms with Crippen molar-refractivity contribution in [3.05, 3.63) is 128 Å². The maximum absolute atomic E-state index is 14.6. The molecular weight excluding hydrogens is 564 g/mol. The first-order chi connectivity index (χ1) is 18.3. The molecule has 1 heterocycles. The summed E-state index contributed by atoms with van der Waals surface area (Å²) in [5.74, 6) is -1.03. The number of nitrogens with zero attached hydrogens (tertiary/aromatic N) is 1. The molecule has 0 saturated carbocycles. The summed E-state index contributed by atoms with van der Waals surface area (Å²) in [4.78, 5) is -0.970. The second-order valence-corrected chi connectivity index (χ2v) is 13.6. The van der Waals surface area contributed by atoms with Crippen LogP contribution in [0, 0.1) is 5.82 Å². The van der Waals surface area contributed by atoms with Crippen molar-refractivity contribution in [2.75, 3.05) is 0 Å². The molecule has 0 aliphatic rings. The maximum atomic E-state index is 14.6. The van der Waals surface area contributed by atoms with Crippen LogP contribution in [0.1, 0.15) is 5.56 Å². The van der Waals surface area contributed by atoms with Crippen LogP contribution in [0.15, 0.2) is 131 Å². The lowest BCUT2D eigenvalue weighted by molar-refractivity contribution is 0.554. The lowest BCUT2D eigenvalue weighted by Crippen LogP contribution is -2.41. The summed E-state index contributed by atoms with van der Waals surface area (Å²) in [5.41, 5.74) is -1.15. The van der Waals surface area contributed by atoms with Gasteiger partial charge in [-0.3, -0.25) is 0 Å². The molecule has 0 bridgehead atoms. The molecule has 1 N–H and O–H groups in total. The van der Waals surface area contributed by atoms with Gasteiger partial charge in [-0.15, -0.1) is 13.2 Å². The standard InChI is InChI=1S/C27H23FN2O6S3/c1-4-27(5-2,29-37(31,32)6-3)21-15-17-22(18-16-21)38(33,34)26-19-20-11-7-9-13-24(20)30(26)39(35,36)25-14-10-8-12-23(25)28/h4-19,29H,1-3H2. The highest BCUT2D eigenvalue weighted by atomic mass is 32.2. The molecule has 0 unspecified atom stereocenters. The van der Waals surface area contributed by atoms with Gasteiger partial charge < -0.3 is 0 Å². The van der Waals surface area contributed by atoms with E-state index in [2.05, 4.69) is 24.5 Å². The van der Waals surface area contributed by atoms with E-state index in [9.17, 15) is 29.6 Å². The average Bonchev–Trinajstić information content (AvgIpc) is 3.34. The highest BCUT2D eigenvalue weighted by molar-refractivity contribution is 7.94. The van der Waals surface area contributed by atoms with Crippen molar-refractivity contribution in [1.82, 2.24) is 8.69 Å². The number of hydrogen-bond donors (Lipinski definition) is 1. The molecule has 8 nitrogen and oxygen atoms in total. The van der Waals surface area contributed by atoms with Crippen LogP contribution in [0.25, 0.3) is 10.9 Å². The van der Waals surface area contributed by atoms with Gasteiger partial charge in [0.25, 0.3) is 10.0 Å². The predicted molar refractivity (Wildman–Crippen MR) is 147 cm³/mol. The monoisotopic (exact) mass is 586 g/mol. The Morgan fingerprint density at radius 1 is 0.795 bits per heavy atom. The lowest BCUT2D eigenvalue weighted by atomic mass is 9.91. The molecule has 0 aliphatic heterocycles. The quantitative estimate of drug-likeness (QED) is 0.274. The van der Waals surface area contributed by atoms with E-state index < -0.39 is 51.2 Å². The molecule has 12 heteroatoms. The van der Waals surface area contributed by atoms with Gasteiger partial charge in [-0.2, -0.15) is 4.72 Å². The molecule has 4 rings (SSSR count). The number of rotatable bonds is 10. The highest BCUT2D eigenvalue weighted by Gasteiger charge is 2.34. The van der Waals surface area contributed by atoms with Crippen LogP contribution in [0.4, 0.5) is 4.39 Å². The second-order valence-electron chi connectivity index (χ2n) is 8.36. The van der Waals surface area contributed by atoms with Crippen LogP contribution < -0.4 is 4.72 Å². The molecule has 0 saturated heterocycles. The van der Waals surface area contributed by atoms with Crippen LogP contribution in [0.2, 0.25) is 0 Å². The van der Waals surface area contributed by atoms with Gasteiger partial charge in [0.1, 0.15) is 10.7 Å². The fraction of sp³-hybridized carbons (Fsp3) is 0.0370. The Morgan fingerprint density at radius 2 is 1.38 bits per heavy atom. The summed E-state index contributed by atoms with van der Waals surface area (Å²) in [6.45, 7) is 10.6. The molecule has 0 spiro atoms. The molecule has 39 heavy (non-hydrogen) atoms. The average molecular weight is 587 g/mol. The van der Waals surface area contributed by atoms with Crippen LogP contribution in [-0.2, 0) is 35.4 Å². The molecule has 0 amide bonds. The summed E-state index contributed by atoms with van der Waals surface area (Å²) in [6, 6.07) is 17.1. The van der Waals surface area contributed by atoms with Crippen LogP contribution >= 0.6 is 0 Å². The summed E-state index contributed by atoms with van der Waals surface area (Å²) in [5, 5.41) is 0.428. The van der Waals surface area contributed by atoms with E-state index in [1.165, 1.54) is 66.7 Å². The largest absolute Gasteiger partial charge is 0.272 e. The SMILES string of the molecule is C=CC(C=C)(NS(=O)(=O)C=C)c1ccc(S(=O)(=O)c2cc3ccccc3n2S(=O)(=O)c2ccccc2F)cc1. The number of halogens is 1. The summed E-state index contributed by atoms with van der Waals surface area (Å²) in [6.07, 6.45) is 2.56. The van der Waals surface area contributed by atoms with E-state index >= 15 is 0 Å². The molecule has 4 aromatic rings. The first-order valence-electron chi connectivity index (χ1n) is 11.2. The maximum Gasteiger partial charge on any atom is 0.272 e. The zero-order chi connectivity index (χ0) is 28.6. The smallest absolute Gasteiger partial charge is 0.222 e. The van der Waals surface area contributed by atoms with Gasteiger partial charge in [0.15, 0.2) is 5.03 Å². The van der Waals surface area contributed by atoms with Crippen molar-refractivity contribution in [3.8, 4) is 0 Å². The minimum Gasteiger partial charge on any atom is -0.222 e. The second kappa shape index (κ2) is 10.0. The topological polar surface area (TPSA) is 119 Å². The van der Waals surface area contributed by atoms with Crippen LogP contribution in [-0.4, -0.2) is 29.2 Å². The molecule has 0 atom stereocenters. The third-order valence-corrected chi connectivity index (χ3v) is 10.8. The molecule has 202 valence electrons. The van der Waals surface area contributed by atoms with E-state index in [1.807, 2.05) is 0 Å². The zero-order valence-corrected chi connectivity index (χ0v) is 22.8. The number of sulfone groups is 1. The summed E-state index contributed by atoms with van der Waals surface area (Å²) in [7, 11) is -13.1. The number of para-hydroxylation sites is 1. The number of hydrogen-bond acceptors (Lipinski definition) is 6. The van der Waals surface area contributed by atoms with Gasteiger partial charge in [-0.25, -0.2) is 33.6 Å². The Kier molecular flexibility index (Phi) is 7.25. The van der Waals surface area contributed by atoms with Crippen molar-refractivity contribution in [1.29, 1.82) is 0 Å². The molecule has 1 aromatic heterocycles. The number of fused-ring (bicyclic) bond motifs is 1. The van der Waals surface area contributed by atoms with E-state index in [-0.39, 0.29) is 16.0 Å². The van der Waals surface area contributed by atoms with Crippen molar-refractivity contribution < 1.29 is 29.6 Å². The number of nitrogens with one attached hydrogen (secondary N) is 1. The van der Waals surface area contributed by atoms with Gasteiger partial charge in [0, 0.05) is 10.8 Å². The van der Waals surface area contributed by atoms with Crippen LogP contribution in [0.5, 0.6) is 0 Å². The third kappa shape index (κ3) is 4.87. The Balaban J connectivity index is 1.91. The first kappa shape index (κ1) is 28.2. The van der Waals surface area contributed by atoms with Gasteiger partial charge in [-0.1, -0.05) is 61.2 Å². The minimum absolute atomic E-state index is 0.0483. The number of aromatic nitrogens is 1. The fourth-order valence-corrected chi connectivity index (χ4v) is 8.30. The van der Waals surface area contributed by atoms with E-state index in [1.54, 1.807) is 12.1 Å². The van der Waals surface area contributed by atoms with Crippen molar-refractivity contribution in [3.63, 3.8) is 0 Å². The summed E-state index contributed by atoms with van der Waals surface area (Å²) < 4.78 is 96.8. The van der Waals surface area contributed by atoms with E-state index in [0.717, 1.165) is 12.1 Å². The number of sulfonamides is 1. The lowest BCUT2D eigenvalue weighted by Gasteiger charge is -2.28. The normalized spacial score (nSPS) is 12.7. The Bertz CT molecular complexity index is 1940. The van der Waals surface area contributed by atoms with Gasteiger partial charge in [0.05, 0.1) is 16.0 Å². The van der Waals surface area contributed by atoms with E-state index in [4.69, 9.17) is 0 Å². The van der Waals surface area contributed by atoms with Gasteiger partial charge in [0.2, 0.25) is 19.9 Å². The van der Waals surface area contributed by atoms with Crippen LogP contribution in [0.3, 0.4) is 0 Å². The Morgan fingerprint density at radius 3 is 1.97 bits per heavy atom. The van der Waals surface area contributed by atoms with Gasteiger partial charge >= 0.3 is 0 Å². The molecule has 0 aliphatic carbocycles. The molecule has 0 fully saturated rings. The van der Waals surface area contributed by atoms with Crippen molar-refractivity contribution in [2.45, 2.75) is 20.4 Å². The number of benzene rings is 3. The molecule has 0 radical (unpaired) electrons. The van der Waals surface area contributed by atoms with Crippen molar-refractivity contribution in [2.24, 2.45) is 0 Å². The molecule has 3 aromatic carbocycles. The Hall–Kier alpha value is -3.84. The fourth-order valence-electron chi connectivity index (χ4n) is 4.06. The van der Waals surface area contributed by atoms with Gasteiger partial charge in [-0.05, 0) is 42.0 Å². The zero-order valence-electron chi connectivity index (χ0n) is 20.4. The van der Waals surface area contributed by atoms with Crippen molar-refractivity contribution >= 4 is 40.8 Å². The predicted octanol–water partition coefficient (Wildman–Crippen LogP) is 4.48. The van der Waals surface area contributed by atoms with E-state index in [0.29, 0.717) is 14.8 Å². The Labute approximate surface area is 226 Å². The third-order valence-electron chi connectivity index (χ3n) is 6.08. The first-order valence-corrected chi connectivity index (χ1v) is 15.7. The molecular formula is C27H23FN2O6S3. The minimum atomic E-state index is -4.69. The summed E-state index contributed by atoms with van der Waals surface area (Å²) >= 11 is 0.